The molecule has 0 aliphatic rings. The van der Waals surface area contributed by atoms with Gasteiger partial charge < -0.3 is 15.4 Å². The van der Waals surface area contributed by atoms with Crippen LogP contribution in [0.3, 0.4) is 0 Å². The van der Waals surface area contributed by atoms with Crippen molar-refractivity contribution in [2.24, 2.45) is 0 Å². The van der Waals surface area contributed by atoms with E-state index in [1.54, 1.807) is 7.11 Å². The van der Waals surface area contributed by atoms with E-state index in [9.17, 15) is 4.79 Å². The molecule has 2 aromatic rings. The van der Waals surface area contributed by atoms with Crippen LogP contribution >= 0.6 is 0 Å². The van der Waals surface area contributed by atoms with Crippen LogP contribution in [-0.2, 0) is 17.8 Å². The summed E-state index contributed by atoms with van der Waals surface area (Å²) in [5, 5.41) is 6.23. The summed E-state index contributed by atoms with van der Waals surface area (Å²) in [6.45, 7) is 2.11. The average molecular weight is 312 g/mol. The van der Waals surface area contributed by atoms with Crippen LogP contribution < -0.4 is 15.4 Å². The van der Waals surface area contributed by atoms with Gasteiger partial charge in [-0.15, -0.1) is 0 Å². The van der Waals surface area contributed by atoms with Gasteiger partial charge in [-0.2, -0.15) is 0 Å². The normalized spacial score (nSPS) is 10.3. The van der Waals surface area contributed by atoms with E-state index in [-0.39, 0.29) is 5.91 Å². The highest BCUT2D eigenvalue weighted by molar-refractivity contribution is 5.76. The van der Waals surface area contributed by atoms with E-state index in [1.807, 2.05) is 42.5 Å². The molecule has 4 heteroatoms. The van der Waals surface area contributed by atoms with E-state index in [4.69, 9.17) is 4.74 Å². The summed E-state index contributed by atoms with van der Waals surface area (Å²) in [4.78, 5) is 11.8. The zero-order valence-corrected chi connectivity index (χ0v) is 13.5. The summed E-state index contributed by atoms with van der Waals surface area (Å²) in [5.74, 6) is 0.924. The average Bonchev–Trinajstić information content (AvgIpc) is 2.60. The lowest BCUT2D eigenvalue weighted by Gasteiger charge is -2.08. The largest absolute Gasteiger partial charge is 0.497 e. The van der Waals surface area contributed by atoms with E-state index in [2.05, 4.69) is 22.8 Å². The number of amides is 1. The molecular weight excluding hydrogens is 288 g/mol. The van der Waals surface area contributed by atoms with Gasteiger partial charge in [0.05, 0.1) is 7.11 Å². The summed E-state index contributed by atoms with van der Waals surface area (Å²) in [6, 6.07) is 18.1. The van der Waals surface area contributed by atoms with Crippen LogP contribution in [0.5, 0.6) is 5.75 Å². The third-order valence-electron chi connectivity index (χ3n) is 3.57. The third kappa shape index (κ3) is 6.53. The predicted octanol–water partition coefficient (Wildman–Crippen LogP) is 2.53. The number of methoxy groups -OCH3 is 1. The van der Waals surface area contributed by atoms with Gasteiger partial charge in [-0.25, -0.2) is 0 Å². The Morgan fingerprint density at radius 2 is 1.78 bits per heavy atom. The van der Waals surface area contributed by atoms with Gasteiger partial charge in [-0.3, -0.25) is 4.79 Å². The Bertz CT molecular complexity index is 599. The molecule has 0 aromatic heterocycles. The minimum atomic E-state index is 0.0773. The molecule has 0 radical (unpaired) electrons. The summed E-state index contributed by atoms with van der Waals surface area (Å²) in [7, 11) is 1.66. The zero-order valence-electron chi connectivity index (χ0n) is 13.5. The van der Waals surface area contributed by atoms with E-state index < -0.39 is 0 Å². The molecule has 2 rings (SSSR count). The lowest BCUT2D eigenvalue weighted by molar-refractivity contribution is -0.120. The number of hydrogen-bond donors (Lipinski definition) is 2. The van der Waals surface area contributed by atoms with Gasteiger partial charge in [0.15, 0.2) is 0 Å². The minimum Gasteiger partial charge on any atom is -0.497 e. The SMILES string of the molecule is COc1cccc(CCNC(=O)CCNCc2ccccc2)c1. The maximum absolute atomic E-state index is 11.8. The summed E-state index contributed by atoms with van der Waals surface area (Å²) < 4.78 is 5.19. The first-order valence-electron chi connectivity index (χ1n) is 7.92. The quantitative estimate of drug-likeness (QED) is 0.700. The Hall–Kier alpha value is -2.33. The lowest BCUT2D eigenvalue weighted by Crippen LogP contribution is -2.29. The molecule has 0 saturated heterocycles. The van der Waals surface area contributed by atoms with Crippen LogP contribution in [-0.4, -0.2) is 26.1 Å². The molecule has 0 spiro atoms. The van der Waals surface area contributed by atoms with Gasteiger partial charge in [-0.1, -0.05) is 42.5 Å². The first-order chi connectivity index (χ1) is 11.3. The zero-order chi connectivity index (χ0) is 16.3. The second kappa shape index (κ2) is 9.64. The van der Waals surface area contributed by atoms with Crippen LogP contribution in [0.2, 0.25) is 0 Å². The molecule has 2 aromatic carbocycles. The fraction of sp³-hybridized carbons (Fsp3) is 0.316. The van der Waals surface area contributed by atoms with Gasteiger partial charge in [0.1, 0.15) is 5.75 Å². The van der Waals surface area contributed by atoms with Crippen molar-refractivity contribution in [2.45, 2.75) is 19.4 Å². The summed E-state index contributed by atoms with van der Waals surface area (Å²) in [6.07, 6.45) is 1.30. The van der Waals surface area contributed by atoms with Gasteiger partial charge >= 0.3 is 0 Å². The van der Waals surface area contributed by atoms with Crippen LogP contribution in [0.15, 0.2) is 54.6 Å². The van der Waals surface area contributed by atoms with Crippen molar-refractivity contribution in [1.29, 1.82) is 0 Å². The van der Waals surface area contributed by atoms with Gasteiger partial charge in [-0.05, 0) is 29.7 Å². The standard InChI is InChI=1S/C19H24N2O2/c1-23-18-9-5-8-16(14-18)10-13-21-19(22)11-12-20-15-17-6-3-2-4-7-17/h2-9,14,20H,10-13,15H2,1H3,(H,21,22). The van der Waals surface area contributed by atoms with Crippen molar-refractivity contribution in [3.63, 3.8) is 0 Å². The highest BCUT2D eigenvalue weighted by Crippen LogP contribution is 2.12. The fourth-order valence-corrected chi connectivity index (χ4v) is 2.29. The summed E-state index contributed by atoms with van der Waals surface area (Å²) in [5.41, 5.74) is 2.39. The van der Waals surface area contributed by atoms with Crippen molar-refractivity contribution in [3.05, 3.63) is 65.7 Å². The second-order valence-corrected chi connectivity index (χ2v) is 5.36. The number of rotatable bonds is 9. The third-order valence-corrected chi connectivity index (χ3v) is 3.57. The Morgan fingerprint density at radius 3 is 2.57 bits per heavy atom. The molecule has 1 amide bonds. The molecule has 0 heterocycles. The Balaban J connectivity index is 1.58. The molecule has 0 aliphatic carbocycles. The molecule has 0 fully saturated rings. The first-order valence-corrected chi connectivity index (χ1v) is 7.92. The van der Waals surface area contributed by atoms with Gasteiger partial charge in [0.25, 0.3) is 0 Å². The molecule has 122 valence electrons. The van der Waals surface area contributed by atoms with Crippen molar-refractivity contribution in [1.82, 2.24) is 10.6 Å². The lowest BCUT2D eigenvalue weighted by atomic mass is 10.1. The number of hydrogen-bond acceptors (Lipinski definition) is 3. The van der Waals surface area contributed by atoms with Gasteiger partial charge in [0.2, 0.25) is 5.91 Å². The van der Waals surface area contributed by atoms with Crippen LogP contribution in [0, 0.1) is 0 Å². The first kappa shape index (κ1) is 17.0. The molecule has 4 nitrogen and oxygen atoms in total. The Labute approximate surface area is 137 Å². The molecule has 0 aliphatic heterocycles. The minimum absolute atomic E-state index is 0.0773. The van der Waals surface area contributed by atoms with Crippen molar-refractivity contribution in [2.75, 3.05) is 20.2 Å². The molecule has 23 heavy (non-hydrogen) atoms. The Kier molecular flexibility index (Phi) is 7.14. The molecule has 0 saturated carbocycles. The highest BCUT2D eigenvalue weighted by Gasteiger charge is 2.01. The van der Waals surface area contributed by atoms with E-state index in [0.717, 1.165) is 24.3 Å². The van der Waals surface area contributed by atoms with E-state index >= 15 is 0 Å². The number of benzene rings is 2. The number of ether oxygens (including phenoxy) is 1. The van der Waals surface area contributed by atoms with Crippen molar-refractivity contribution in [3.8, 4) is 5.75 Å². The highest BCUT2D eigenvalue weighted by atomic mass is 16.5. The predicted molar refractivity (Wildman–Crippen MR) is 92.5 cm³/mol. The smallest absolute Gasteiger partial charge is 0.221 e. The van der Waals surface area contributed by atoms with Crippen LogP contribution in [0.4, 0.5) is 0 Å². The maximum Gasteiger partial charge on any atom is 0.221 e. The van der Waals surface area contributed by atoms with Gasteiger partial charge in [0, 0.05) is 26.1 Å². The second-order valence-electron chi connectivity index (χ2n) is 5.36. The monoisotopic (exact) mass is 312 g/mol. The van der Waals surface area contributed by atoms with Crippen LogP contribution in [0.1, 0.15) is 17.5 Å². The molecule has 2 N–H and O–H groups in total. The van der Waals surface area contributed by atoms with Crippen molar-refractivity contribution < 1.29 is 9.53 Å². The molecule has 0 bridgehead atoms. The number of carbonyl (C=O) groups is 1. The van der Waals surface area contributed by atoms with E-state index in [0.29, 0.717) is 19.5 Å². The maximum atomic E-state index is 11.8. The number of nitrogens with one attached hydrogen (secondary N) is 2. The molecule has 0 atom stereocenters. The topological polar surface area (TPSA) is 50.4 Å². The Morgan fingerprint density at radius 1 is 1.00 bits per heavy atom. The number of carbonyl (C=O) groups excluding carboxylic acids is 1. The van der Waals surface area contributed by atoms with Crippen LogP contribution in [0.25, 0.3) is 0 Å². The van der Waals surface area contributed by atoms with Crippen molar-refractivity contribution >= 4 is 5.91 Å². The molecular formula is C19H24N2O2. The van der Waals surface area contributed by atoms with E-state index in [1.165, 1.54) is 5.56 Å². The fourth-order valence-electron chi connectivity index (χ4n) is 2.29. The molecule has 0 unspecified atom stereocenters. The summed E-state index contributed by atoms with van der Waals surface area (Å²) >= 11 is 0.